The van der Waals surface area contributed by atoms with Gasteiger partial charge in [-0.25, -0.2) is 4.79 Å². The third-order valence-corrected chi connectivity index (χ3v) is 1.98. The van der Waals surface area contributed by atoms with Crippen LogP contribution in [0.3, 0.4) is 0 Å². The van der Waals surface area contributed by atoms with Crippen molar-refractivity contribution in [2.45, 2.75) is 3.79 Å². The summed E-state index contributed by atoms with van der Waals surface area (Å²) in [5.41, 5.74) is -0.938. The summed E-state index contributed by atoms with van der Waals surface area (Å²) in [5.74, 6) is -0.00463. The van der Waals surface area contributed by atoms with Crippen molar-refractivity contribution in [3.63, 3.8) is 0 Å². The predicted molar refractivity (Wildman–Crippen MR) is 59.5 cm³/mol. The van der Waals surface area contributed by atoms with E-state index in [1.165, 1.54) is 12.3 Å². The van der Waals surface area contributed by atoms with E-state index in [4.69, 9.17) is 58.0 Å². The first-order chi connectivity index (χ1) is 7.23. The molecule has 0 aromatic carbocycles. The SMILES string of the molecule is O=C(Cl)C(Cl)(Cl)Cl.O=C(Cl)Oc1ccno1. The molecule has 1 heterocycles. The number of alkyl halides is 3. The van der Waals surface area contributed by atoms with E-state index >= 15 is 0 Å². The number of nitrogens with zero attached hydrogens (tertiary/aromatic N) is 1. The Morgan fingerprint density at radius 1 is 1.31 bits per heavy atom. The molecular weight excluding hydrogens is 327 g/mol. The van der Waals surface area contributed by atoms with Gasteiger partial charge in [-0.2, -0.15) is 0 Å². The van der Waals surface area contributed by atoms with Crippen molar-refractivity contribution < 1.29 is 18.8 Å². The smallest absolute Gasteiger partial charge is 0.379 e. The van der Waals surface area contributed by atoms with Crippen molar-refractivity contribution in [1.82, 2.24) is 5.16 Å². The topological polar surface area (TPSA) is 69.4 Å². The lowest BCUT2D eigenvalue weighted by molar-refractivity contribution is -0.110. The van der Waals surface area contributed by atoms with Gasteiger partial charge < -0.3 is 9.26 Å². The Morgan fingerprint density at radius 3 is 2.06 bits per heavy atom. The van der Waals surface area contributed by atoms with Crippen LogP contribution in [-0.2, 0) is 4.79 Å². The molecule has 0 aliphatic heterocycles. The number of rotatable bonds is 1. The van der Waals surface area contributed by atoms with Crippen LogP contribution in [-0.4, -0.2) is 19.6 Å². The minimum Gasteiger partial charge on any atom is -0.379 e. The molecule has 5 nitrogen and oxygen atoms in total. The molecule has 0 spiro atoms. The van der Waals surface area contributed by atoms with Crippen LogP contribution in [0.15, 0.2) is 16.8 Å². The highest BCUT2D eigenvalue weighted by Gasteiger charge is 2.27. The maximum atomic E-state index is 9.97. The predicted octanol–water partition coefficient (Wildman–Crippen LogP) is 3.53. The zero-order valence-electron chi connectivity index (χ0n) is 7.12. The number of halogens is 5. The van der Waals surface area contributed by atoms with E-state index in [-0.39, 0.29) is 5.95 Å². The third-order valence-electron chi connectivity index (χ3n) is 0.818. The molecule has 90 valence electrons. The van der Waals surface area contributed by atoms with Gasteiger partial charge in [0.05, 0.1) is 6.20 Å². The van der Waals surface area contributed by atoms with Gasteiger partial charge in [0.1, 0.15) is 0 Å². The Balaban J connectivity index is 0.000000293. The Bertz CT molecular complexity index is 346. The largest absolute Gasteiger partial charge is 0.411 e. The van der Waals surface area contributed by atoms with E-state index in [1.807, 2.05) is 0 Å². The Hall–Kier alpha value is -0.200. The van der Waals surface area contributed by atoms with Crippen molar-refractivity contribution in [2.75, 3.05) is 0 Å². The first kappa shape index (κ1) is 15.8. The van der Waals surface area contributed by atoms with Crippen LogP contribution in [0.1, 0.15) is 0 Å². The molecule has 0 radical (unpaired) electrons. The second-order valence-corrected chi connectivity index (χ2v) is 4.88. The fourth-order valence-corrected chi connectivity index (χ4v) is 0.412. The summed E-state index contributed by atoms with van der Waals surface area (Å²) in [6.07, 6.45) is 1.34. The number of carbonyl (C=O) groups excluding carboxylic acids is 2. The molecule has 0 aliphatic rings. The Kier molecular flexibility index (Phi) is 7.10. The molecule has 1 aromatic heterocycles. The summed E-state index contributed by atoms with van der Waals surface area (Å²) in [5, 5.41) is 2.28. The van der Waals surface area contributed by atoms with Gasteiger partial charge in [0.15, 0.2) is 0 Å². The molecule has 16 heavy (non-hydrogen) atoms. The summed E-state index contributed by atoms with van der Waals surface area (Å²) in [4.78, 5) is 19.8. The second-order valence-electron chi connectivity index (χ2n) is 1.94. The quantitative estimate of drug-likeness (QED) is 0.582. The first-order valence-electron chi connectivity index (χ1n) is 3.28. The molecule has 1 rings (SSSR count). The number of hydrogen-bond donors (Lipinski definition) is 0. The number of aromatic nitrogens is 1. The summed E-state index contributed by atoms with van der Waals surface area (Å²) >= 11 is 24.3. The highest BCUT2D eigenvalue weighted by atomic mass is 35.6. The van der Waals surface area contributed by atoms with Crippen molar-refractivity contribution in [1.29, 1.82) is 0 Å². The second kappa shape index (κ2) is 7.19. The molecule has 0 bridgehead atoms. The Labute approximate surface area is 114 Å². The summed E-state index contributed by atoms with van der Waals surface area (Å²) in [6, 6.07) is 1.38. The highest BCUT2D eigenvalue weighted by molar-refractivity contribution is 6.88. The summed E-state index contributed by atoms with van der Waals surface area (Å²) in [7, 11) is 0. The fraction of sp³-hybridized carbons (Fsp3) is 0.167. The average molecular weight is 329 g/mol. The van der Waals surface area contributed by atoms with Crippen LogP contribution in [0, 0.1) is 0 Å². The lowest BCUT2D eigenvalue weighted by Gasteiger charge is -1.99. The minimum absolute atomic E-state index is 0.00463. The monoisotopic (exact) mass is 327 g/mol. The zero-order chi connectivity index (χ0) is 12.8. The first-order valence-corrected chi connectivity index (χ1v) is 5.17. The van der Waals surface area contributed by atoms with Crippen LogP contribution >= 0.6 is 58.0 Å². The van der Waals surface area contributed by atoms with Crippen LogP contribution in [0.25, 0.3) is 0 Å². The molecule has 0 N–H and O–H groups in total. The molecule has 1 aromatic rings. The van der Waals surface area contributed by atoms with Crippen molar-refractivity contribution in [3.05, 3.63) is 12.3 Å². The summed E-state index contributed by atoms with van der Waals surface area (Å²) < 4.78 is 6.66. The highest BCUT2D eigenvalue weighted by Crippen LogP contribution is 2.28. The molecule has 0 amide bonds. The van der Waals surface area contributed by atoms with Gasteiger partial charge >= 0.3 is 11.4 Å². The average Bonchev–Trinajstić information content (AvgIpc) is 2.54. The van der Waals surface area contributed by atoms with Crippen LogP contribution in [0.5, 0.6) is 5.95 Å². The van der Waals surface area contributed by atoms with Crippen LogP contribution < -0.4 is 4.74 Å². The van der Waals surface area contributed by atoms with Gasteiger partial charge in [-0.15, -0.1) is 0 Å². The molecule has 0 saturated carbocycles. The molecule has 0 unspecified atom stereocenters. The van der Waals surface area contributed by atoms with E-state index < -0.39 is 14.5 Å². The molecule has 0 saturated heterocycles. The van der Waals surface area contributed by atoms with E-state index in [2.05, 4.69) is 14.4 Å². The molecular formula is C6H2Cl5NO4. The van der Waals surface area contributed by atoms with E-state index in [1.54, 1.807) is 0 Å². The third kappa shape index (κ3) is 8.01. The van der Waals surface area contributed by atoms with Gasteiger partial charge in [-0.3, -0.25) is 4.79 Å². The molecule has 0 atom stereocenters. The van der Waals surface area contributed by atoms with Crippen molar-refractivity contribution in [2.24, 2.45) is 0 Å². The van der Waals surface area contributed by atoms with Gasteiger partial charge in [-0.1, -0.05) is 40.0 Å². The lowest BCUT2D eigenvalue weighted by atomic mass is 10.7. The van der Waals surface area contributed by atoms with Crippen molar-refractivity contribution in [3.8, 4) is 5.95 Å². The van der Waals surface area contributed by atoms with E-state index in [0.29, 0.717) is 0 Å². The zero-order valence-corrected chi connectivity index (χ0v) is 10.9. The standard InChI is InChI=1S/C4H2ClNO3.C2Cl4O/c5-4(7)8-3-1-2-6-9-3;3-1(7)2(4,5)6/h1-2H;. The normalized spacial score (nSPS) is 10.1. The molecule has 10 heteroatoms. The fourth-order valence-electron chi connectivity index (χ4n) is 0.336. The maximum Gasteiger partial charge on any atom is 0.411 e. The maximum absolute atomic E-state index is 9.97. The number of hydrogen-bond acceptors (Lipinski definition) is 5. The number of carbonyl (C=O) groups is 2. The Morgan fingerprint density at radius 2 is 1.81 bits per heavy atom. The van der Waals surface area contributed by atoms with Gasteiger partial charge in [-0.05, 0) is 11.6 Å². The molecule has 0 fully saturated rings. The summed E-state index contributed by atoms with van der Waals surface area (Å²) in [6.45, 7) is 0. The minimum atomic E-state index is -1.96. The van der Waals surface area contributed by atoms with Gasteiger partial charge in [0, 0.05) is 17.7 Å². The van der Waals surface area contributed by atoms with Gasteiger partial charge in [0.25, 0.3) is 9.03 Å². The molecule has 0 aliphatic carbocycles. The van der Waals surface area contributed by atoms with E-state index in [0.717, 1.165) is 0 Å². The van der Waals surface area contributed by atoms with Crippen molar-refractivity contribution >= 4 is 68.7 Å². The van der Waals surface area contributed by atoms with Gasteiger partial charge in [0.2, 0.25) is 0 Å². The van der Waals surface area contributed by atoms with Crippen LogP contribution in [0.2, 0.25) is 0 Å². The number of ether oxygens (including phenoxy) is 1. The van der Waals surface area contributed by atoms with E-state index in [9.17, 15) is 9.59 Å². The van der Waals surface area contributed by atoms with Crippen LogP contribution in [0.4, 0.5) is 4.79 Å². The lowest BCUT2D eigenvalue weighted by Crippen LogP contribution is -2.10.